The van der Waals surface area contributed by atoms with E-state index in [-0.39, 0.29) is 23.5 Å². The van der Waals surface area contributed by atoms with Crippen molar-refractivity contribution >= 4 is 69.8 Å². The number of alkyl halides is 3. The Morgan fingerprint density at radius 3 is 2.34 bits per heavy atom. The second-order valence-corrected chi connectivity index (χ2v) is 13.2. The number of nitrogens with one attached hydrogen (secondary N) is 1. The van der Waals surface area contributed by atoms with Crippen molar-refractivity contribution in [3.63, 3.8) is 0 Å². The fourth-order valence-electron chi connectivity index (χ4n) is 5.62. The lowest BCUT2D eigenvalue weighted by atomic mass is 9.83. The Kier molecular flexibility index (Phi) is 8.76. The van der Waals surface area contributed by atoms with Gasteiger partial charge in [0.25, 0.3) is 0 Å². The summed E-state index contributed by atoms with van der Waals surface area (Å²) in [6.45, 7) is 1.31. The second-order valence-electron chi connectivity index (χ2n) is 10.6. The molecule has 3 aromatic carbocycles. The molecule has 3 heterocycles. The molecule has 0 radical (unpaired) electrons. The van der Waals surface area contributed by atoms with Crippen molar-refractivity contribution in [3.05, 3.63) is 109 Å². The zero-order valence-electron chi connectivity index (χ0n) is 24.2. The number of anilines is 2. The first-order valence-corrected chi connectivity index (χ1v) is 16.2. The predicted molar refractivity (Wildman–Crippen MR) is 170 cm³/mol. The maximum Gasteiger partial charge on any atom is 0.416 e. The molecule has 15 heteroatoms. The van der Waals surface area contributed by atoms with E-state index in [1.807, 2.05) is 0 Å². The summed E-state index contributed by atoms with van der Waals surface area (Å²) in [7, 11) is 0. The summed E-state index contributed by atoms with van der Waals surface area (Å²) in [5.41, 5.74) is 0.0647. The van der Waals surface area contributed by atoms with Crippen molar-refractivity contribution in [1.82, 2.24) is 4.57 Å². The highest BCUT2D eigenvalue weighted by atomic mass is 35.5. The zero-order chi connectivity index (χ0) is 33.6. The molecule has 4 aromatic rings. The van der Waals surface area contributed by atoms with Gasteiger partial charge in [0.2, 0.25) is 17.7 Å². The standard InChI is InChI=1S/C32H23ClF3N3O6S2/c1-2-45-30(43)17-8-12-21(13-9-17)39-27(41)24-23(16-6-10-19(33)11-7-16)26-29(46-25(24)28(39)42)38(31(44)47-26)15-22(40)37-20-5-3-4-18(14-20)32(34,35)36/h3-14,23-25H,2,15H2,1H3,(H,37,40)/t23-,24?,25?/m1/s1. The van der Waals surface area contributed by atoms with Gasteiger partial charge >= 0.3 is 17.0 Å². The molecule has 3 amide bonds. The van der Waals surface area contributed by atoms with Gasteiger partial charge in [-0.1, -0.05) is 52.9 Å². The average molecular weight is 702 g/mol. The normalized spacial score (nSPS) is 18.9. The van der Waals surface area contributed by atoms with Crippen molar-refractivity contribution in [3.8, 4) is 0 Å². The molecule has 0 bridgehead atoms. The van der Waals surface area contributed by atoms with Crippen LogP contribution in [0.5, 0.6) is 0 Å². The quantitative estimate of drug-likeness (QED) is 0.181. The van der Waals surface area contributed by atoms with E-state index in [4.69, 9.17) is 16.3 Å². The molecular weight excluding hydrogens is 679 g/mol. The van der Waals surface area contributed by atoms with Crippen molar-refractivity contribution in [2.75, 3.05) is 16.8 Å². The van der Waals surface area contributed by atoms with Crippen LogP contribution in [0.25, 0.3) is 0 Å². The van der Waals surface area contributed by atoms with Crippen LogP contribution in [-0.4, -0.2) is 40.1 Å². The van der Waals surface area contributed by atoms with Gasteiger partial charge in [-0.15, -0.1) is 0 Å². The van der Waals surface area contributed by atoms with Gasteiger partial charge in [0.15, 0.2) is 0 Å². The molecule has 0 saturated carbocycles. The van der Waals surface area contributed by atoms with Crippen LogP contribution in [0, 0.1) is 5.92 Å². The number of imide groups is 1. The fourth-order valence-corrected chi connectivity index (χ4v) is 8.52. The lowest BCUT2D eigenvalue weighted by molar-refractivity contribution is -0.137. The van der Waals surface area contributed by atoms with Crippen LogP contribution in [-0.2, 0) is 31.8 Å². The topological polar surface area (TPSA) is 115 Å². The fraction of sp³-hybridized carbons (Fsp3) is 0.219. The molecule has 1 aromatic heterocycles. The number of esters is 1. The molecule has 2 unspecified atom stereocenters. The number of hydrogen-bond donors (Lipinski definition) is 1. The molecular formula is C32H23ClF3N3O6S2. The number of amides is 3. The molecule has 3 atom stereocenters. The number of nitrogens with zero attached hydrogens (tertiary/aromatic N) is 2. The minimum absolute atomic E-state index is 0.102. The van der Waals surface area contributed by atoms with Gasteiger partial charge < -0.3 is 10.1 Å². The van der Waals surface area contributed by atoms with E-state index < -0.39 is 63.9 Å². The lowest BCUT2D eigenvalue weighted by Gasteiger charge is -2.30. The number of hydrogen-bond acceptors (Lipinski definition) is 8. The summed E-state index contributed by atoms with van der Waals surface area (Å²) in [6.07, 6.45) is -4.62. The van der Waals surface area contributed by atoms with Crippen LogP contribution in [0.3, 0.4) is 0 Å². The number of thioether (sulfide) groups is 1. The molecule has 9 nitrogen and oxygen atoms in total. The molecule has 1 fully saturated rings. The van der Waals surface area contributed by atoms with Crippen molar-refractivity contribution in [2.45, 2.75) is 35.8 Å². The number of carbonyl (C=O) groups is 4. The van der Waals surface area contributed by atoms with Gasteiger partial charge in [-0.3, -0.25) is 23.7 Å². The van der Waals surface area contributed by atoms with Gasteiger partial charge in [-0.2, -0.15) is 13.2 Å². The number of ether oxygens (including phenoxy) is 1. The van der Waals surface area contributed by atoms with Crippen LogP contribution in [0.2, 0.25) is 5.02 Å². The average Bonchev–Trinajstić information content (AvgIpc) is 3.47. The third-order valence-electron chi connectivity index (χ3n) is 7.69. The van der Waals surface area contributed by atoms with Gasteiger partial charge in [-0.25, -0.2) is 9.69 Å². The van der Waals surface area contributed by atoms with Crippen molar-refractivity contribution < 1.29 is 37.1 Å². The van der Waals surface area contributed by atoms with Gasteiger partial charge in [0.05, 0.1) is 34.4 Å². The summed E-state index contributed by atoms with van der Waals surface area (Å²) >= 11 is 7.95. The van der Waals surface area contributed by atoms with Crippen LogP contribution >= 0.6 is 34.7 Å². The van der Waals surface area contributed by atoms with Gasteiger partial charge in [-0.05, 0) is 67.1 Å². The molecule has 1 N–H and O–H groups in total. The number of rotatable bonds is 7. The molecule has 2 aliphatic heterocycles. The third-order valence-corrected chi connectivity index (χ3v) is 10.5. The smallest absolute Gasteiger partial charge is 0.416 e. The second kappa shape index (κ2) is 12.7. The van der Waals surface area contributed by atoms with Gasteiger partial charge in [0.1, 0.15) is 11.8 Å². The van der Waals surface area contributed by atoms with E-state index in [0.717, 1.165) is 46.2 Å². The Bertz CT molecular complexity index is 1960. The third kappa shape index (κ3) is 6.20. The van der Waals surface area contributed by atoms with Crippen molar-refractivity contribution in [2.24, 2.45) is 5.92 Å². The van der Waals surface area contributed by atoms with Crippen LogP contribution in [0.4, 0.5) is 24.5 Å². The number of benzene rings is 3. The maximum absolute atomic E-state index is 14.1. The maximum atomic E-state index is 14.1. The number of halogens is 4. The minimum Gasteiger partial charge on any atom is -0.462 e. The molecule has 47 heavy (non-hydrogen) atoms. The highest BCUT2D eigenvalue weighted by molar-refractivity contribution is 8.00. The Labute approximate surface area is 278 Å². The first-order chi connectivity index (χ1) is 22.4. The van der Waals surface area contributed by atoms with E-state index in [1.165, 1.54) is 34.9 Å². The molecule has 0 aliphatic carbocycles. The minimum atomic E-state index is -4.62. The summed E-state index contributed by atoms with van der Waals surface area (Å²) in [4.78, 5) is 67.5. The SMILES string of the molecule is CCOC(=O)c1ccc(N2C(=O)C3Sc4c(sc(=O)n4CC(=O)Nc4cccc(C(F)(F)F)c4)[C@H](c4ccc(Cl)cc4)C3C2=O)cc1. The Morgan fingerprint density at radius 1 is 0.979 bits per heavy atom. The van der Waals surface area contributed by atoms with E-state index >= 15 is 0 Å². The zero-order valence-corrected chi connectivity index (χ0v) is 26.6. The molecule has 2 aliphatic rings. The molecule has 0 spiro atoms. The Hall–Kier alpha value is -4.40. The number of aromatic nitrogens is 1. The van der Waals surface area contributed by atoms with Crippen LogP contribution < -0.4 is 15.1 Å². The summed E-state index contributed by atoms with van der Waals surface area (Å²) < 4.78 is 45.8. The summed E-state index contributed by atoms with van der Waals surface area (Å²) in [5, 5.41) is 2.17. The number of fused-ring (bicyclic) bond motifs is 2. The molecule has 242 valence electrons. The first kappa shape index (κ1) is 32.5. The van der Waals surface area contributed by atoms with E-state index in [2.05, 4.69) is 5.32 Å². The highest BCUT2D eigenvalue weighted by Crippen LogP contribution is 2.54. The number of thiazole rings is 1. The monoisotopic (exact) mass is 701 g/mol. The summed E-state index contributed by atoms with van der Waals surface area (Å²) in [5.74, 6) is -4.02. The van der Waals surface area contributed by atoms with E-state index in [0.29, 0.717) is 20.5 Å². The molecule has 6 rings (SSSR count). The van der Waals surface area contributed by atoms with Gasteiger partial charge in [0, 0.05) is 21.5 Å². The Morgan fingerprint density at radius 2 is 1.68 bits per heavy atom. The van der Waals surface area contributed by atoms with E-state index in [1.54, 1.807) is 31.2 Å². The Balaban J connectivity index is 1.35. The van der Waals surface area contributed by atoms with Crippen LogP contribution in [0.1, 0.15) is 39.2 Å². The van der Waals surface area contributed by atoms with Crippen molar-refractivity contribution in [1.29, 1.82) is 0 Å². The molecule has 1 saturated heterocycles. The van der Waals surface area contributed by atoms with E-state index in [9.17, 15) is 37.1 Å². The largest absolute Gasteiger partial charge is 0.462 e. The highest BCUT2D eigenvalue weighted by Gasteiger charge is 2.56. The lowest BCUT2D eigenvalue weighted by Crippen LogP contribution is -2.33. The first-order valence-electron chi connectivity index (χ1n) is 14.1. The van der Waals surface area contributed by atoms with Crippen LogP contribution in [0.15, 0.2) is 82.6 Å². The predicted octanol–water partition coefficient (Wildman–Crippen LogP) is 6.19. The number of carbonyl (C=O) groups excluding carboxylic acids is 4. The summed E-state index contributed by atoms with van der Waals surface area (Å²) in [6, 6.07) is 16.6.